The van der Waals surface area contributed by atoms with E-state index in [1.807, 2.05) is 0 Å². The summed E-state index contributed by atoms with van der Waals surface area (Å²) in [6.45, 7) is 1.44. The van der Waals surface area contributed by atoms with Crippen LogP contribution in [0.3, 0.4) is 0 Å². The number of carbonyl (C=O) groups is 2. The molecule has 0 saturated heterocycles. The van der Waals surface area contributed by atoms with Crippen molar-refractivity contribution < 1.29 is 14.4 Å². The van der Waals surface area contributed by atoms with Crippen LogP contribution in [0.2, 0.25) is 0 Å². The lowest BCUT2D eigenvalue weighted by Crippen LogP contribution is -2.28. The number of benzene rings is 1. The first kappa shape index (κ1) is 12.2. The Balaban J connectivity index is 3.09. The second-order valence-electron chi connectivity index (χ2n) is 3.23. The van der Waals surface area contributed by atoms with Gasteiger partial charge in [-0.15, -0.1) is 0 Å². The largest absolute Gasteiger partial charge is 0.315 e. The zero-order valence-electron chi connectivity index (χ0n) is 9.48. The molecule has 0 radical (unpaired) electrons. The number of hydroxylamine groups is 1. The smallest absolute Gasteiger partial charge is 0.276 e. The first-order chi connectivity index (χ1) is 7.57. The van der Waals surface area contributed by atoms with Crippen LogP contribution in [-0.2, 0) is 9.63 Å². The molecule has 1 aromatic rings. The Morgan fingerprint density at radius 1 is 1.31 bits per heavy atom. The highest BCUT2D eigenvalue weighted by atomic mass is 16.6. The van der Waals surface area contributed by atoms with E-state index >= 15 is 0 Å². The van der Waals surface area contributed by atoms with Crippen molar-refractivity contribution in [3.05, 3.63) is 29.8 Å². The average Bonchev–Trinajstić information content (AvgIpc) is 2.28. The molecular formula is C11H14N2O3. The monoisotopic (exact) mass is 222 g/mol. The standard InChI is InChI=1S/C11H14N2O3/c1-8(14)13(2)10-7-5-4-6-9(10)11(15)12-16-3/h4-7H,1-3H3,(H,12,15). The highest BCUT2D eigenvalue weighted by molar-refractivity contribution is 6.03. The molecule has 5 heteroatoms. The molecule has 0 heterocycles. The third-order valence-corrected chi connectivity index (χ3v) is 2.18. The molecule has 0 spiro atoms. The van der Waals surface area contributed by atoms with E-state index in [0.29, 0.717) is 11.3 Å². The Hall–Kier alpha value is -1.88. The van der Waals surface area contributed by atoms with Crippen LogP contribution in [0.25, 0.3) is 0 Å². The molecule has 86 valence electrons. The van der Waals surface area contributed by atoms with Gasteiger partial charge in [-0.25, -0.2) is 5.48 Å². The van der Waals surface area contributed by atoms with E-state index in [0.717, 1.165) is 0 Å². The Labute approximate surface area is 94.0 Å². The van der Waals surface area contributed by atoms with Gasteiger partial charge in [-0.3, -0.25) is 14.4 Å². The molecular weight excluding hydrogens is 208 g/mol. The number of hydrogen-bond donors (Lipinski definition) is 1. The minimum Gasteiger partial charge on any atom is -0.315 e. The molecule has 0 unspecified atom stereocenters. The lowest BCUT2D eigenvalue weighted by molar-refractivity contribution is -0.116. The zero-order chi connectivity index (χ0) is 12.1. The molecule has 0 atom stereocenters. The number of carbonyl (C=O) groups excluding carboxylic acids is 2. The van der Waals surface area contributed by atoms with E-state index in [9.17, 15) is 9.59 Å². The van der Waals surface area contributed by atoms with Gasteiger partial charge in [-0.05, 0) is 12.1 Å². The second-order valence-corrected chi connectivity index (χ2v) is 3.23. The van der Waals surface area contributed by atoms with Crippen molar-refractivity contribution in [2.24, 2.45) is 0 Å². The van der Waals surface area contributed by atoms with Crippen molar-refractivity contribution in [2.45, 2.75) is 6.92 Å². The minimum atomic E-state index is -0.383. The van der Waals surface area contributed by atoms with Gasteiger partial charge in [0.15, 0.2) is 0 Å². The Morgan fingerprint density at radius 2 is 1.94 bits per heavy atom. The fourth-order valence-electron chi connectivity index (χ4n) is 1.28. The second kappa shape index (κ2) is 5.27. The van der Waals surface area contributed by atoms with Gasteiger partial charge in [0.05, 0.1) is 18.4 Å². The molecule has 1 N–H and O–H groups in total. The lowest BCUT2D eigenvalue weighted by atomic mass is 10.1. The van der Waals surface area contributed by atoms with E-state index in [-0.39, 0.29) is 11.8 Å². The summed E-state index contributed by atoms with van der Waals surface area (Å²) in [5, 5.41) is 0. The van der Waals surface area contributed by atoms with E-state index in [1.165, 1.54) is 18.9 Å². The van der Waals surface area contributed by atoms with E-state index in [4.69, 9.17) is 0 Å². The average molecular weight is 222 g/mol. The number of amides is 2. The molecule has 2 amide bonds. The first-order valence-corrected chi connectivity index (χ1v) is 4.74. The molecule has 5 nitrogen and oxygen atoms in total. The van der Waals surface area contributed by atoms with Gasteiger partial charge < -0.3 is 4.90 Å². The van der Waals surface area contributed by atoms with Crippen LogP contribution >= 0.6 is 0 Å². The highest BCUT2D eigenvalue weighted by Gasteiger charge is 2.15. The van der Waals surface area contributed by atoms with Gasteiger partial charge in [-0.2, -0.15) is 0 Å². The molecule has 0 aliphatic heterocycles. The number of rotatable bonds is 3. The molecule has 0 bridgehead atoms. The van der Waals surface area contributed by atoms with Gasteiger partial charge in [-0.1, -0.05) is 12.1 Å². The number of nitrogens with one attached hydrogen (secondary N) is 1. The Bertz CT molecular complexity index is 404. The summed E-state index contributed by atoms with van der Waals surface area (Å²) in [7, 11) is 2.97. The van der Waals surface area contributed by atoms with Crippen LogP contribution < -0.4 is 10.4 Å². The van der Waals surface area contributed by atoms with E-state index in [1.54, 1.807) is 31.3 Å². The quantitative estimate of drug-likeness (QED) is 0.775. The summed E-state index contributed by atoms with van der Waals surface area (Å²) in [5.74, 6) is -0.524. The van der Waals surface area contributed by atoms with Crippen LogP contribution in [0.1, 0.15) is 17.3 Å². The van der Waals surface area contributed by atoms with Crippen LogP contribution in [0.15, 0.2) is 24.3 Å². The Kier molecular flexibility index (Phi) is 4.02. The number of para-hydroxylation sites is 1. The van der Waals surface area contributed by atoms with Crippen molar-refractivity contribution in [3.63, 3.8) is 0 Å². The molecule has 16 heavy (non-hydrogen) atoms. The predicted octanol–water partition coefficient (Wildman–Crippen LogP) is 0.961. The fraction of sp³-hybridized carbons (Fsp3) is 0.273. The van der Waals surface area contributed by atoms with Gasteiger partial charge in [0, 0.05) is 14.0 Å². The third-order valence-electron chi connectivity index (χ3n) is 2.18. The topological polar surface area (TPSA) is 58.6 Å². The molecule has 1 aromatic carbocycles. The molecule has 0 fully saturated rings. The fourth-order valence-corrected chi connectivity index (χ4v) is 1.28. The minimum absolute atomic E-state index is 0.141. The summed E-state index contributed by atoms with van der Waals surface area (Å²) < 4.78 is 0. The van der Waals surface area contributed by atoms with Gasteiger partial charge in [0.2, 0.25) is 5.91 Å². The maximum absolute atomic E-state index is 11.6. The van der Waals surface area contributed by atoms with Crippen LogP contribution in [0.4, 0.5) is 5.69 Å². The maximum atomic E-state index is 11.6. The molecule has 0 aliphatic carbocycles. The summed E-state index contributed by atoms with van der Waals surface area (Å²) in [6, 6.07) is 6.81. The number of hydrogen-bond acceptors (Lipinski definition) is 3. The Morgan fingerprint density at radius 3 is 2.50 bits per heavy atom. The normalized spacial score (nSPS) is 9.69. The molecule has 0 saturated carbocycles. The van der Waals surface area contributed by atoms with Gasteiger partial charge in [0.1, 0.15) is 0 Å². The van der Waals surface area contributed by atoms with Crippen molar-refractivity contribution >= 4 is 17.5 Å². The van der Waals surface area contributed by atoms with Crippen LogP contribution in [0.5, 0.6) is 0 Å². The zero-order valence-corrected chi connectivity index (χ0v) is 9.48. The van der Waals surface area contributed by atoms with E-state index < -0.39 is 0 Å². The SMILES string of the molecule is CONC(=O)c1ccccc1N(C)C(C)=O. The number of anilines is 1. The summed E-state index contributed by atoms with van der Waals surface area (Å²) in [6.07, 6.45) is 0. The summed E-state index contributed by atoms with van der Waals surface area (Å²) in [4.78, 5) is 28.8. The van der Waals surface area contributed by atoms with Crippen molar-refractivity contribution in [1.82, 2.24) is 5.48 Å². The third kappa shape index (κ3) is 2.58. The van der Waals surface area contributed by atoms with Crippen molar-refractivity contribution in [3.8, 4) is 0 Å². The van der Waals surface area contributed by atoms with Crippen molar-refractivity contribution in [1.29, 1.82) is 0 Å². The first-order valence-electron chi connectivity index (χ1n) is 4.74. The summed E-state index contributed by atoms with van der Waals surface area (Å²) >= 11 is 0. The highest BCUT2D eigenvalue weighted by Crippen LogP contribution is 2.18. The molecule has 1 rings (SSSR count). The van der Waals surface area contributed by atoms with E-state index in [2.05, 4.69) is 10.3 Å². The molecule has 0 aromatic heterocycles. The van der Waals surface area contributed by atoms with Gasteiger partial charge >= 0.3 is 0 Å². The van der Waals surface area contributed by atoms with Crippen molar-refractivity contribution in [2.75, 3.05) is 19.1 Å². The molecule has 0 aliphatic rings. The lowest BCUT2D eigenvalue weighted by Gasteiger charge is -2.18. The van der Waals surface area contributed by atoms with Crippen LogP contribution in [0, 0.1) is 0 Å². The number of nitrogens with zero attached hydrogens (tertiary/aromatic N) is 1. The summed E-state index contributed by atoms with van der Waals surface area (Å²) in [5.41, 5.74) is 3.16. The van der Waals surface area contributed by atoms with Crippen LogP contribution in [-0.4, -0.2) is 26.0 Å². The maximum Gasteiger partial charge on any atom is 0.276 e. The predicted molar refractivity (Wildman–Crippen MR) is 60.0 cm³/mol. The van der Waals surface area contributed by atoms with Gasteiger partial charge in [0.25, 0.3) is 5.91 Å².